The molecule has 0 radical (unpaired) electrons. The molecule has 1 aromatic carbocycles. The maximum Gasteiger partial charge on any atom is 0.123 e. The highest BCUT2D eigenvalue weighted by Gasteiger charge is 2.51. The third kappa shape index (κ3) is 3.78. The van der Waals surface area contributed by atoms with Gasteiger partial charge in [0.2, 0.25) is 0 Å². The van der Waals surface area contributed by atoms with Gasteiger partial charge in [0.05, 0.1) is 6.61 Å². The Kier molecular flexibility index (Phi) is 5.26. The predicted octanol–water partition coefficient (Wildman–Crippen LogP) is 3.50. The number of aliphatic hydroxyl groups excluding tert-OH is 1. The topological polar surface area (TPSA) is 52.5 Å². The first kappa shape index (κ1) is 19.3. The fourth-order valence-corrected chi connectivity index (χ4v) is 6.61. The van der Waals surface area contributed by atoms with E-state index in [1.807, 2.05) is 12.4 Å². The molecule has 152 valence electrons. The lowest BCUT2D eigenvalue weighted by molar-refractivity contribution is 0.111. The van der Waals surface area contributed by atoms with Crippen LogP contribution in [-0.4, -0.2) is 57.0 Å². The van der Waals surface area contributed by atoms with Crippen molar-refractivity contribution in [1.29, 1.82) is 0 Å². The van der Waals surface area contributed by atoms with Crippen LogP contribution in [0.25, 0.3) is 10.6 Å². The van der Waals surface area contributed by atoms with Crippen LogP contribution in [0.15, 0.2) is 42.7 Å². The van der Waals surface area contributed by atoms with E-state index in [4.69, 9.17) is 0 Å². The van der Waals surface area contributed by atoms with Gasteiger partial charge in [-0.15, -0.1) is 11.3 Å². The second-order valence-corrected chi connectivity index (χ2v) is 10.5. The predicted molar refractivity (Wildman–Crippen MR) is 118 cm³/mol. The molecule has 2 atom stereocenters. The third-order valence-corrected chi connectivity index (χ3v) is 8.14. The zero-order valence-corrected chi connectivity index (χ0v) is 18.3. The van der Waals surface area contributed by atoms with Crippen LogP contribution in [0.3, 0.4) is 0 Å². The Bertz CT molecular complexity index is 973. The Morgan fingerprint density at radius 3 is 2.52 bits per heavy atom. The molecule has 5 nitrogen and oxygen atoms in total. The van der Waals surface area contributed by atoms with Gasteiger partial charge in [0.25, 0.3) is 0 Å². The average molecular weight is 427 g/mol. The van der Waals surface area contributed by atoms with E-state index in [1.54, 1.807) is 22.9 Å². The first-order valence-electron chi connectivity index (χ1n) is 10.1. The molecule has 2 aliphatic heterocycles. The normalized spacial score (nSPS) is 25.0. The van der Waals surface area contributed by atoms with E-state index in [9.17, 15) is 5.11 Å². The van der Waals surface area contributed by atoms with Gasteiger partial charge < -0.3 is 5.11 Å². The van der Waals surface area contributed by atoms with Crippen LogP contribution >= 0.6 is 22.9 Å². The van der Waals surface area contributed by atoms with Gasteiger partial charge in [-0.3, -0.25) is 9.80 Å². The van der Waals surface area contributed by atoms with Crippen molar-refractivity contribution in [2.45, 2.75) is 20.0 Å². The molecule has 0 saturated carbocycles. The first-order chi connectivity index (χ1) is 14.1. The Balaban J connectivity index is 1.24. The summed E-state index contributed by atoms with van der Waals surface area (Å²) in [5.41, 5.74) is 2.51. The Morgan fingerprint density at radius 2 is 1.86 bits per heavy atom. The lowest BCUT2D eigenvalue weighted by atomic mass is 9.82. The number of benzene rings is 1. The summed E-state index contributed by atoms with van der Waals surface area (Å²) < 4.78 is 4.21. The number of aliphatic hydroxyl groups is 1. The molecule has 7 heteroatoms. The number of rotatable bonds is 6. The molecule has 5 rings (SSSR count). The van der Waals surface area contributed by atoms with Gasteiger partial charge in [-0.05, 0) is 36.0 Å². The molecule has 2 unspecified atom stereocenters. The fourth-order valence-electron chi connectivity index (χ4n) is 4.95. The number of nitrogens with zero attached hydrogens (tertiary/aromatic N) is 4. The van der Waals surface area contributed by atoms with Crippen LogP contribution in [-0.2, 0) is 13.1 Å². The van der Waals surface area contributed by atoms with Crippen molar-refractivity contribution in [1.82, 2.24) is 19.2 Å². The molecule has 4 heterocycles. The number of likely N-dealkylation sites (tertiary alicyclic amines) is 2. The maximum atomic E-state index is 10.3. The number of aryl methyl sites for hydroxylation is 1. The Labute approximate surface area is 179 Å². The molecule has 2 aliphatic rings. The zero-order valence-electron chi connectivity index (χ0n) is 16.6. The highest BCUT2D eigenvalue weighted by molar-refractivity contribution is 7.15. The summed E-state index contributed by atoms with van der Waals surface area (Å²) in [6.45, 7) is 8.34. The minimum Gasteiger partial charge on any atom is -0.396 e. The summed E-state index contributed by atoms with van der Waals surface area (Å²) >= 11 is 3.37. The summed E-state index contributed by atoms with van der Waals surface area (Å²) in [4.78, 5) is 12.3. The van der Waals surface area contributed by atoms with Gasteiger partial charge in [-0.2, -0.15) is 0 Å². The minimum absolute atomic E-state index is 0.00816. The molecule has 0 spiro atoms. The van der Waals surface area contributed by atoms with Crippen LogP contribution in [0.5, 0.6) is 0 Å². The molecule has 0 amide bonds. The van der Waals surface area contributed by atoms with Gasteiger partial charge in [-0.1, -0.05) is 24.3 Å². The van der Waals surface area contributed by atoms with Gasteiger partial charge in [0, 0.05) is 72.4 Å². The van der Waals surface area contributed by atoms with Crippen molar-refractivity contribution in [3.8, 4) is 10.6 Å². The second kappa shape index (κ2) is 7.89. The first-order valence-corrected chi connectivity index (χ1v) is 11.7. The molecular weight excluding hydrogens is 400 g/mol. The molecule has 3 aromatic rings. The van der Waals surface area contributed by atoms with Crippen LogP contribution in [0, 0.1) is 18.3 Å². The molecule has 29 heavy (non-hydrogen) atoms. The van der Waals surface area contributed by atoms with Crippen LogP contribution < -0.4 is 0 Å². The van der Waals surface area contributed by atoms with E-state index in [-0.39, 0.29) is 12.0 Å². The maximum absolute atomic E-state index is 10.3. The number of hydrogen-bond acceptors (Lipinski definition) is 7. The average Bonchev–Trinajstić information content (AvgIpc) is 3.47. The standard InChI is InChI=1S/C22H26N4OS2/c1-16-4-2-3-5-20(16)21-23-8-19(28-21)12-26-10-17-9-25(11-18-6-7-24-29-18)13-22(17,14-26)15-27/h2-8,17,27H,9-15H2,1H3. The van der Waals surface area contributed by atoms with Gasteiger partial charge in [0.15, 0.2) is 0 Å². The van der Waals surface area contributed by atoms with E-state index in [2.05, 4.69) is 56.4 Å². The van der Waals surface area contributed by atoms with Crippen molar-refractivity contribution in [3.05, 3.63) is 58.0 Å². The highest BCUT2D eigenvalue weighted by atomic mass is 32.1. The number of aromatic nitrogens is 2. The lowest BCUT2D eigenvalue weighted by Gasteiger charge is -2.27. The molecule has 0 bridgehead atoms. The number of thiazole rings is 1. The van der Waals surface area contributed by atoms with Gasteiger partial charge in [0.1, 0.15) is 5.01 Å². The smallest absolute Gasteiger partial charge is 0.123 e. The van der Waals surface area contributed by atoms with E-state index < -0.39 is 0 Å². The van der Waals surface area contributed by atoms with Crippen LogP contribution in [0.2, 0.25) is 0 Å². The quantitative estimate of drug-likeness (QED) is 0.654. The van der Waals surface area contributed by atoms with E-state index in [0.29, 0.717) is 5.92 Å². The molecule has 2 aromatic heterocycles. The highest BCUT2D eigenvalue weighted by Crippen LogP contribution is 2.43. The summed E-state index contributed by atoms with van der Waals surface area (Å²) in [7, 11) is 0. The molecular formula is C22H26N4OS2. The summed E-state index contributed by atoms with van der Waals surface area (Å²) in [6, 6.07) is 10.5. The van der Waals surface area contributed by atoms with Gasteiger partial charge in [-0.25, -0.2) is 9.36 Å². The fraction of sp³-hybridized carbons (Fsp3) is 0.455. The summed E-state index contributed by atoms with van der Waals surface area (Å²) in [5, 5.41) is 11.4. The van der Waals surface area contributed by atoms with Crippen molar-refractivity contribution >= 4 is 22.9 Å². The molecule has 0 aliphatic carbocycles. The van der Waals surface area contributed by atoms with Gasteiger partial charge >= 0.3 is 0 Å². The van der Waals surface area contributed by atoms with Crippen molar-refractivity contribution in [2.24, 2.45) is 11.3 Å². The zero-order chi connectivity index (χ0) is 19.8. The minimum atomic E-state index is 0.00816. The SMILES string of the molecule is Cc1ccccc1-c1ncc(CN2CC3CN(Cc4ccns4)CC3(CO)C2)s1. The van der Waals surface area contributed by atoms with Crippen molar-refractivity contribution in [3.63, 3.8) is 0 Å². The van der Waals surface area contributed by atoms with Crippen molar-refractivity contribution < 1.29 is 5.11 Å². The molecule has 2 fully saturated rings. The molecule has 2 saturated heterocycles. The molecule has 1 N–H and O–H groups in total. The van der Waals surface area contributed by atoms with E-state index in [1.165, 1.54) is 20.9 Å². The number of fused-ring (bicyclic) bond motifs is 1. The Morgan fingerprint density at radius 1 is 1.10 bits per heavy atom. The Hall–Kier alpha value is -1.64. The monoisotopic (exact) mass is 426 g/mol. The van der Waals surface area contributed by atoms with E-state index >= 15 is 0 Å². The largest absolute Gasteiger partial charge is 0.396 e. The van der Waals surface area contributed by atoms with Crippen LogP contribution in [0.4, 0.5) is 0 Å². The lowest BCUT2D eigenvalue weighted by Crippen LogP contribution is -2.36. The summed E-state index contributed by atoms with van der Waals surface area (Å²) in [5.74, 6) is 0.532. The number of hydrogen-bond donors (Lipinski definition) is 1. The van der Waals surface area contributed by atoms with E-state index in [0.717, 1.165) is 44.3 Å². The second-order valence-electron chi connectivity index (χ2n) is 8.48. The third-order valence-electron chi connectivity index (χ3n) is 6.39. The van der Waals surface area contributed by atoms with Crippen molar-refractivity contribution in [2.75, 3.05) is 32.8 Å². The summed E-state index contributed by atoms with van der Waals surface area (Å²) in [6.07, 6.45) is 3.91. The van der Waals surface area contributed by atoms with Crippen LogP contribution in [0.1, 0.15) is 15.3 Å².